The zero-order valence-corrected chi connectivity index (χ0v) is 7.71. The molecule has 0 saturated carbocycles. The van der Waals surface area contributed by atoms with Crippen LogP contribution in [0.4, 0.5) is 5.69 Å². The van der Waals surface area contributed by atoms with E-state index in [2.05, 4.69) is 6.07 Å². The Labute approximate surface area is 78.2 Å². The Morgan fingerprint density at radius 3 is 3.23 bits per heavy atom. The van der Waals surface area contributed by atoms with Crippen molar-refractivity contribution in [3.8, 4) is 0 Å². The summed E-state index contributed by atoms with van der Waals surface area (Å²) in [5.74, 6) is 0.126. The highest BCUT2D eigenvalue weighted by Gasteiger charge is 2.18. The van der Waals surface area contributed by atoms with Gasteiger partial charge in [-0.25, -0.2) is 0 Å². The van der Waals surface area contributed by atoms with Gasteiger partial charge in [-0.3, -0.25) is 4.79 Å². The van der Waals surface area contributed by atoms with Crippen LogP contribution in [-0.2, 0) is 11.2 Å². The number of carbonyl (C=O) groups excluding carboxylic acids is 1. The van der Waals surface area contributed by atoms with Crippen molar-refractivity contribution in [1.82, 2.24) is 0 Å². The number of aryl methyl sites for hydroxylation is 1. The van der Waals surface area contributed by atoms with Gasteiger partial charge in [-0.15, -0.1) is 0 Å². The van der Waals surface area contributed by atoms with E-state index in [1.165, 1.54) is 5.56 Å². The second-order valence-corrected chi connectivity index (χ2v) is 3.33. The van der Waals surface area contributed by atoms with E-state index in [9.17, 15) is 4.79 Å². The summed E-state index contributed by atoms with van der Waals surface area (Å²) < 4.78 is 0. The normalized spacial score (nSPS) is 15.3. The Morgan fingerprint density at radius 2 is 2.46 bits per heavy atom. The van der Waals surface area contributed by atoms with Crippen LogP contribution >= 0.6 is 0 Å². The van der Waals surface area contributed by atoms with Gasteiger partial charge in [0, 0.05) is 19.2 Å². The minimum atomic E-state index is 0.126. The third-order valence-corrected chi connectivity index (χ3v) is 2.43. The van der Waals surface area contributed by atoms with Gasteiger partial charge >= 0.3 is 0 Å². The number of anilines is 1. The molecule has 2 rings (SSSR count). The first-order valence-corrected chi connectivity index (χ1v) is 4.56. The molecule has 2 nitrogen and oxygen atoms in total. The first kappa shape index (κ1) is 8.30. The molecule has 1 aromatic carbocycles. The lowest BCUT2D eigenvalue weighted by molar-refractivity contribution is -0.116. The van der Waals surface area contributed by atoms with E-state index in [1.807, 2.05) is 23.1 Å². The lowest BCUT2D eigenvalue weighted by Gasteiger charge is -2.28. The topological polar surface area (TPSA) is 20.3 Å². The Bertz CT molecular complexity index is 333. The Morgan fingerprint density at radius 1 is 1.62 bits per heavy atom. The van der Waals surface area contributed by atoms with Gasteiger partial charge in [0.2, 0.25) is 5.91 Å². The van der Waals surface area contributed by atoms with Gasteiger partial charge in [0.15, 0.2) is 0 Å². The second kappa shape index (κ2) is 3.21. The van der Waals surface area contributed by atoms with Gasteiger partial charge < -0.3 is 4.90 Å². The summed E-state index contributed by atoms with van der Waals surface area (Å²) in [5.41, 5.74) is 2.31. The molecule has 1 aromatic rings. The predicted octanol–water partition coefficient (Wildman–Crippen LogP) is 1.79. The van der Waals surface area contributed by atoms with E-state index in [0.29, 0.717) is 0 Å². The molecule has 1 radical (unpaired) electrons. The maximum absolute atomic E-state index is 11.3. The molecule has 0 aliphatic carbocycles. The number of rotatable bonds is 0. The number of fused-ring (bicyclic) bond motifs is 1. The molecule has 0 spiro atoms. The number of nitrogens with zero attached hydrogens (tertiary/aromatic N) is 1. The molecule has 1 heterocycles. The van der Waals surface area contributed by atoms with Gasteiger partial charge in [0.1, 0.15) is 0 Å². The highest BCUT2D eigenvalue weighted by atomic mass is 16.2. The highest BCUT2D eigenvalue weighted by Crippen LogP contribution is 2.26. The molecule has 0 bridgehead atoms. The van der Waals surface area contributed by atoms with Crippen molar-refractivity contribution in [3.05, 3.63) is 29.8 Å². The van der Waals surface area contributed by atoms with Gasteiger partial charge in [-0.05, 0) is 30.5 Å². The van der Waals surface area contributed by atoms with Crippen LogP contribution in [0.15, 0.2) is 18.2 Å². The molecule has 0 fully saturated rings. The minimum Gasteiger partial charge on any atom is -0.312 e. The average Bonchev–Trinajstić information content (AvgIpc) is 2.17. The van der Waals surface area contributed by atoms with Crippen molar-refractivity contribution in [2.24, 2.45) is 0 Å². The van der Waals surface area contributed by atoms with Crippen LogP contribution in [0.5, 0.6) is 0 Å². The Hall–Kier alpha value is -1.31. The van der Waals surface area contributed by atoms with E-state index in [1.54, 1.807) is 6.92 Å². The van der Waals surface area contributed by atoms with Crippen molar-refractivity contribution in [1.29, 1.82) is 0 Å². The molecule has 0 unspecified atom stereocenters. The highest BCUT2D eigenvalue weighted by molar-refractivity contribution is 5.92. The predicted molar refractivity (Wildman–Crippen MR) is 51.6 cm³/mol. The lowest BCUT2D eigenvalue weighted by atomic mass is 10.0. The number of carbonyl (C=O) groups is 1. The summed E-state index contributed by atoms with van der Waals surface area (Å²) >= 11 is 0. The van der Waals surface area contributed by atoms with Crippen molar-refractivity contribution < 1.29 is 4.79 Å². The minimum absolute atomic E-state index is 0.126. The fourth-order valence-electron chi connectivity index (χ4n) is 1.79. The molecular weight excluding hydrogens is 162 g/mol. The van der Waals surface area contributed by atoms with Crippen LogP contribution in [0.25, 0.3) is 0 Å². The third kappa shape index (κ3) is 1.44. The number of amides is 1. The van der Waals surface area contributed by atoms with Crippen molar-refractivity contribution in [2.75, 3.05) is 11.4 Å². The van der Waals surface area contributed by atoms with Gasteiger partial charge in [-0.1, -0.05) is 12.1 Å². The summed E-state index contributed by atoms with van der Waals surface area (Å²) in [6, 6.07) is 8.86. The van der Waals surface area contributed by atoms with E-state index >= 15 is 0 Å². The van der Waals surface area contributed by atoms with Crippen LogP contribution in [0, 0.1) is 6.07 Å². The first-order valence-electron chi connectivity index (χ1n) is 4.56. The van der Waals surface area contributed by atoms with E-state index < -0.39 is 0 Å². The number of benzene rings is 1. The first-order chi connectivity index (χ1) is 6.29. The summed E-state index contributed by atoms with van der Waals surface area (Å²) in [6.45, 7) is 2.46. The summed E-state index contributed by atoms with van der Waals surface area (Å²) in [5, 5.41) is 0. The van der Waals surface area contributed by atoms with Crippen molar-refractivity contribution in [3.63, 3.8) is 0 Å². The smallest absolute Gasteiger partial charge is 0.223 e. The van der Waals surface area contributed by atoms with Crippen LogP contribution < -0.4 is 4.90 Å². The third-order valence-electron chi connectivity index (χ3n) is 2.43. The van der Waals surface area contributed by atoms with Crippen molar-refractivity contribution >= 4 is 11.6 Å². The summed E-state index contributed by atoms with van der Waals surface area (Å²) in [7, 11) is 0. The molecule has 1 aliphatic rings. The van der Waals surface area contributed by atoms with Gasteiger partial charge in [-0.2, -0.15) is 0 Å². The molecule has 0 atom stereocenters. The summed E-state index contributed by atoms with van der Waals surface area (Å²) in [6.07, 6.45) is 2.14. The van der Waals surface area contributed by atoms with Gasteiger partial charge in [0.25, 0.3) is 0 Å². The standard InChI is InChI=1S/C11H12NO/c1-9(13)12-8-4-6-10-5-2-3-7-11(10)12/h2,5,7H,4,6,8H2,1H3. The molecule has 0 N–H and O–H groups in total. The maximum atomic E-state index is 11.3. The Balaban J connectivity index is 2.42. The van der Waals surface area contributed by atoms with E-state index in [0.717, 1.165) is 25.1 Å². The number of hydrogen-bond donors (Lipinski definition) is 0. The van der Waals surface area contributed by atoms with E-state index in [4.69, 9.17) is 0 Å². The average molecular weight is 174 g/mol. The molecule has 0 aromatic heterocycles. The van der Waals surface area contributed by atoms with Crippen molar-refractivity contribution in [2.45, 2.75) is 19.8 Å². The quantitative estimate of drug-likeness (QED) is 0.587. The second-order valence-electron chi connectivity index (χ2n) is 3.33. The SMILES string of the molecule is CC(=O)N1CCCc2cc[c]cc21. The number of hydrogen-bond acceptors (Lipinski definition) is 1. The van der Waals surface area contributed by atoms with Gasteiger partial charge in [0.05, 0.1) is 0 Å². The largest absolute Gasteiger partial charge is 0.312 e. The van der Waals surface area contributed by atoms with Crippen LogP contribution in [0.2, 0.25) is 0 Å². The van der Waals surface area contributed by atoms with E-state index in [-0.39, 0.29) is 5.91 Å². The lowest BCUT2D eigenvalue weighted by Crippen LogP contribution is -2.33. The fraction of sp³-hybridized carbons (Fsp3) is 0.364. The molecule has 1 aliphatic heterocycles. The zero-order chi connectivity index (χ0) is 9.26. The van der Waals surface area contributed by atoms with Crippen LogP contribution in [0.1, 0.15) is 18.9 Å². The molecular formula is C11H12NO. The van der Waals surface area contributed by atoms with Crippen LogP contribution in [-0.4, -0.2) is 12.5 Å². The molecule has 2 heteroatoms. The van der Waals surface area contributed by atoms with Crippen LogP contribution in [0.3, 0.4) is 0 Å². The zero-order valence-electron chi connectivity index (χ0n) is 7.71. The summed E-state index contributed by atoms with van der Waals surface area (Å²) in [4.78, 5) is 13.1. The molecule has 67 valence electrons. The molecule has 1 amide bonds. The molecule has 13 heavy (non-hydrogen) atoms. The maximum Gasteiger partial charge on any atom is 0.223 e. The fourth-order valence-corrected chi connectivity index (χ4v) is 1.79. The Kier molecular flexibility index (Phi) is 2.05. The molecule has 0 saturated heterocycles. The monoisotopic (exact) mass is 174 g/mol.